The molecule has 0 aliphatic rings. The molecule has 0 spiro atoms. The minimum atomic E-state index is -5.08. The maximum Gasteiger partial charge on any atom is 0.509 e. The molecule has 0 aliphatic heterocycles. The van der Waals surface area contributed by atoms with Crippen LogP contribution in [-0.4, -0.2) is 6.98 Å². The highest BCUT2D eigenvalue weighted by Crippen LogP contribution is 2.14. The number of benzene rings is 1. The summed E-state index contributed by atoms with van der Waals surface area (Å²) in [5.41, 5.74) is 12.8. The summed E-state index contributed by atoms with van der Waals surface area (Å²) in [6.45, 7) is -5.21. The molecule has 0 saturated heterocycles. The summed E-state index contributed by atoms with van der Waals surface area (Å²) >= 11 is 0. The number of rotatable bonds is 3. The van der Waals surface area contributed by atoms with Crippen LogP contribution in [0.4, 0.5) is 18.6 Å². The first kappa shape index (κ1) is 11.3. The van der Waals surface area contributed by atoms with Crippen molar-refractivity contribution in [1.29, 1.82) is 0 Å². The van der Waals surface area contributed by atoms with Gasteiger partial charge in [0.25, 0.3) is 0 Å². The summed E-state index contributed by atoms with van der Waals surface area (Å²) in [4.78, 5) is 2.46. The molecule has 0 fully saturated rings. The predicted molar refractivity (Wildman–Crippen MR) is 52.4 cm³/mol. The van der Waals surface area contributed by atoms with Gasteiger partial charge < -0.3 is 18.7 Å². The lowest BCUT2D eigenvalue weighted by Crippen LogP contribution is -2.34. The van der Waals surface area contributed by atoms with Gasteiger partial charge in [-0.15, -0.1) is 5.46 Å². The van der Waals surface area contributed by atoms with Crippen LogP contribution in [0.25, 0.3) is 10.4 Å². The molecule has 0 heterocycles. The normalized spacial score (nSPS) is 10.9. The Labute approximate surface area is 83.6 Å². The van der Waals surface area contributed by atoms with Gasteiger partial charge in [0.15, 0.2) is 0 Å². The highest BCUT2D eigenvalue weighted by Gasteiger charge is 2.25. The predicted octanol–water partition coefficient (Wildman–Crippen LogP) is 2.13. The van der Waals surface area contributed by atoms with Gasteiger partial charge in [-0.25, -0.2) is 0 Å². The molecule has 0 bridgehead atoms. The first-order chi connectivity index (χ1) is 6.93. The van der Waals surface area contributed by atoms with E-state index in [0.29, 0.717) is 0 Å². The summed E-state index contributed by atoms with van der Waals surface area (Å²) < 4.78 is 37.1. The molecule has 0 amide bonds. The van der Waals surface area contributed by atoms with Crippen molar-refractivity contribution in [3.8, 4) is 0 Å². The third-order valence-corrected chi connectivity index (χ3v) is 1.73. The monoisotopic (exact) mass is 215 g/mol. The van der Waals surface area contributed by atoms with E-state index in [1.807, 2.05) is 0 Å². The number of hydrogen-bond donors (Lipinski definition) is 1. The van der Waals surface area contributed by atoms with Crippen LogP contribution in [0.15, 0.2) is 23.3 Å². The van der Waals surface area contributed by atoms with Gasteiger partial charge in [-0.1, -0.05) is 17.2 Å². The molecule has 1 rings (SSSR count). The zero-order valence-electron chi connectivity index (χ0n) is 7.57. The van der Waals surface area contributed by atoms with Crippen molar-refractivity contribution in [2.24, 2.45) is 5.11 Å². The van der Waals surface area contributed by atoms with Gasteiger partial charge in [0.2, 0.25) is 0 Å². The highest BCUT2D eigenvalue weighted by molar-refractivity contribution is 6.73. The number of azide groups is 1. The first-order valence-corrected chi connectivity index (χ1v) is 4.03. The second-order valence-electron chi connectivity index (χ2n) is 2.97. The van der Waals surface area contributed by atoms with Crippen LogP contribution in [0.2, 0.25) is 0 Å². The van der Waals surface area contributed by atoms with E-state index in [9.17, 15) is 12.9 Å². The van der Waals surface area contributed by atoms with Crippen LogP contribution in [0, 0.1) is 0 Å². The minimum absolute atomic E-state index is 0.00911. The summed E-state index contributed by atoms with van der Waals surface area (Å²) in [6.07, 6.45) is 0. The van der Waals surface area contributed by atoms with E-state index in [-0.39, 0.29) is 17.8 Å². The lowest BCUT2D eigenvalue weighted by atomic mass is 9.79. The van der Waals surface area contributed by atoms with Gasteiger partial charge in [-0.3, -0.25) is 0 Å². The van der Waals surface area contributed by atoms with Crippen LogP contribution >= 0.6 is 0 Å². The number of nitrogens with two attached hydrogens (primary N) is 1. The standard InChI is InChI=1S/C7H7BF3N4/c9-8(10,11)6-1-5(4-14-15-13)2-7(12)3-6/h1-3H,4,12H2/q-1. The van der Waals surface area contributed by atoms with Crippen molar-refractivity contribution in [2.45, 2.75) is 6.54 Å². The summed E-state index contributed by atoms with van der Waals surface area (Å²) in [5.74, 6) is 0. The highest BCUT2D eigenvalue weighted by atomic mass is 19.4. The Kier molecular flexibility index (Phi) is 3.11. The first-order valence-electron chi connectivity index (χ1n) is 4.03. The largest absolute Gasteiger partial charge is 0.509 e. The average Bonchev–Trinajstić information content (AvgIpc) is 2.12. The van der Waals surface area contributed by atoms with Crippen LogP contribution < -0.4 is 11.2 Å². The van der Waals surface area contributed by atoms with Gasteiger partial charge in [-0.05, 0) is 17.2 Å². The molecule has 15 heavy (non-hydrogen) atoms. The van der Waals surface area contributed by atoms with Gasteiger partial charge in [0, 0.05) is 10.6 Å². The quantitative estimate of drug-likeness (QED) is 0.271. The molecule has 0 aliphatic carbocycles. The molecule has 2 N–H and O–H groups in total. The Morgan fingerprint density at radius 3 is 2.53 bits per heavy atom. The second-order valence-corrected chi connectivity index (χ2v) is 2.97. The number of halogens is 3. The van der Waals surface area contributed by atoms with Crippen LogP contribution in [0.3, 0.4) is 0 Å². The fourth-order valence-corrected chi connectivity index (χ4v) is 1.14. The number of anilines is 1. The topological polar surface area (TPSA) is 74.8 Å². The number of nitrogens with zero attached hydrogens (tertiary/aromatic N) is 3. The van der Waals surface area contributed by atoms with Gasteiger partial charge >= 0.3 is 6.98 Å². The van der Waals surface area contributed by atoms with Gasteiger partial charge in [0.05, 0.1) is 6.54 Å². The molecule has 0 atom stereocenters. The van der Waals surface area contributed by atoms with Crippen molar-refractivity contribution in [3.63, 3.8) is 0 Å². The smallest absolute Gasteiger partial charge is 0.445 e. The Morgan fingerprint density at radius 2 is 2.00 bits per heavy atom. The number of hydrogen-bond acceptors (Lipinski definition) is 2. The molecule has 4 nitrogen and oxygen atoms in total. The molecular weight excluding hydrogens is 208 g/mol. The van der Waals surface area contributed by atoms with E-state index in [1.54, 1.807) is 0 Å². The summed E-state index contributed by atoms with van der Waals surface area (Å²) in [7, 11) is 0. The van der Waals surface area contributed by atoms with E-state index in [0.717, 1.165) is 12.1 Å². The van der Waals surface area contributed by atoms with Crippen molar-refractivity contribution < 1.29 is 12.9 Å². The molecule has 1 aromatic rings. The zero-order chi connectivity index (χ0) is 11.5. The lowest BCUT2D eigenvalue weighted by molar-refractivity contribution is 0.501. The van der Waals surface area contributed by atoms with Crippen LogP contribution in [-0.2, 0) is 6.54 Å². The molecular formula is C7H7BF3N4-. The Balaban J connectivity index is 3.10. The fraction of sp³-hybridized carbons (Fsp3) is 0.143. The second kappa shape index (κ2) is 4.14. The maximum atomic E-state index is 12.4. The van der Waals surface area contributed by atoms with Crippen LogP contribution in [0.5, 0.6) is 0 Å². The van der Waals surface area contributed by atoms with Gasteiger partial charge in [-0.2, -0.15) is 0 Å². The van der Waals surface area contributed by atoms with E-state index in [4.69, 9.17) is 11.3 Å². The molecule has 0 radical (unpaired) electrons. The molecule has 80 valence electrons. The van der Waals surface area contributed by atoms with Crippen LogP contribution in [0.1, 0.15) is 5.56 Å². The molecule has 0 unspecified atom stereocenters. The molecule has 8 heteroatoms. The SMILES string of the molecule is [N-]=[N+]=NCc1cc(N)cc([B-](F)(F)F)c1. The molecule has 0 saturated carbocycles. The fourth-order valence-electron chi connectivity index (χ4n) is 1.14. The third kappa shape index (κ3) is 3.10. The maximum absolute atomic E-state index is 12.4. The van der Waals surface area contributed by atoms with E-state index in [1.165, 1.54) is 6.07 Å². The van der Waals surface area contributed by atoms with Crippen molar-refractivity contribution >= 4 is 18.1 Å². The Hall–Kier alpha value is -1.82. The van der Waals surface area contributed by atoms with Crippen molar-refractivity contribution in [3.05, 3.63) is 34.2 Å². The Bertz CT molecular complexity index is 411. The van der Waals surface area contributed by atoms with E-state index >= 15 is 0 Å². The molecule has 0 aromatic heterocycles. The number of nitrogen functional groups attached to an aromatic ring is 1. The zero-order valence-corrected chi connectivity index (χ0v) is 7.57. The van der Waals surface area contributed by atoms with Crippen molar-refractivity contribution in [2.75, 3.05) is 5.73 Å². The summed E-state index contributed by atoms with van der Waals surface area (Å²) in [5, 5.41) is 3.17. The van der Waals surface area contributed by atoms with Gasteiger partial charge in [0.1, 0.15) is 0 Å². The third-order valence-electron chi connectivity index (χ3n) is 1.73. The van der Waals surface area contributed by atoms with Crippen molar-refractivity contribution in [1.82, 2.24) is 0 Å². The summed E-state index contributed by atoms with van der Waals surface area (Å²) in [6, 6.07) is 3.14. The Morgan fingerprint density at radius 1 is 1.33 bits per heavy atom. The molecule has 1 aromatic carbocycles. The minimum Gasteiger partial charge on any atom is -0.445 e. The van der Waals surface area contributed by atoms with E-state index in [2.05, 4.69) is 10.0 Å². The average molecular weight is 215 g/mol. The lowest BCUT2D eigenvalue weighted by Gasteiger charge is -2.16. The van der Waals surface area contributed by atoms with E-state index < -0.39 is 12.4 Å².